The van der Waals surface area contributed by atoms with Crippen LogP contribution in [0.3, 0.4) is 0 Å². The van der Waals surface area contributed by atoms with Gasteiger partial charge < -0.3 is 14.4 Å². The number of anilines is 1. The van der Waals surface area contributed by atoms with E-state index < -0.39 is 34.2 Å². The number of nitro benzene ring substituents is 1. The molecule has 0 bridgehead atoms. The van der Waals surface area contributed by atoms with Crippen LogP contribution in [0, 0.1) is 10.1 Å². The van der Waals surface area contributed by atoms with Gasteiger partial charge in [0.15, 0.2) is 6.17 Å². The summed E-state index contributed by atoms with van der Waals surface area (Å²) in [5.74, 6) is -1.43. The number of nitro groups is 1. The van der Waals surface area contributed by atoms with Crippen LogP contribution >= 0.6 is 0 Å². The van der Waals surface area contributed by atoms with E-state index in [9.17, 15) is 19.7 Å². The lowest BCUT2D eigenvalue weighted by molar-refractivity contribution is -0.384. The van der Waals surface area contributed by atoms with Crippen molar-refractivity contribution in [1.29, 1.82) is 0 Å². The second-order valence-electron chi connectivity index (χ2n) is 12.0. The number of hydrogen-bond acceptors (Lipinski definition) is 8. The molecule has 216 valence electrons. The minimum Gasteiger partial charge on any atom is -0.457 e. The van der Waals surface area contributed by atoms with Gasteiger partial charge in [0.05, 0.1) is 28.4 Å². The van der Waals surface area contributed by atoms with Crippen molar-refractivity contribution < 1.29 is 24.0 Å². The molecule has 1 aliphatic heterocycles. The first-order valence-corrected chi connectivity index (χ1v) is 13.5. The number of esters is 2. The van der Waals surface area contributed by atoms with E-state index in [1.807, 2.05) is 48.5 Å². The summed E-state index contributed by atoms with van der Waals surface area (Å²) in [5, 5.41) is 16.7. The first-order chi connectivity index (χ1) is 19.7. The summed E-state index contributed by atoms with van der Waals surface area (Å²) in [6.45, 7) is 10.5. The second-order valence-corrected chi connectivity index (χ2v) is 12.0. The number of carbonyl (C=O) groups is 2. The lowest BCUT2D eigenvalue weighted by Gasteiger charge is -2.41. The van der Waals surface area contributed by atoms with Crippen LogP contribution < -0.4 is 4.90 Å². The van der Waals surface area contributed by atoms with E-state index in [-0.39, 0.29) is 11.4 Å². The highest BCUT2D eigenvalue weighted by Crippen LogP contribution is 2.47. The quantitative estimate of drug-likeness (QED) is 0.115. The minimum atomic E-state index is -0.857. The van der Waals surface area contributed by atoms with E-state index in [1.165, 1.54) is 12.1 Å². The van der Waals surface area contributed by atoms with E-state index >= 15 is 0 Å². The highest BCUT2D eigenvalue weighted by molar-refractivity contribution is 6.02. The van der Waals surface area contributed by atoms with Crippen LogP contribution in [0.25, 0.3) is 22.0 Å². The van der Waals surface area contributed by atoms with E-state index in [4.69, 9.17) is 9.47 Å². The lowest BCUT2D eigenvalue weighted by atomic mass is 9.90. The number of hydrogen-bond donors (Lipinski definition) is 0. The maximum absolute atomic E-state index is 13.9. The number of ether oxygens (including phenoxy) is 2. The van der Waals surface area contributed by atoms with E-state index in [0.29, 0.717) is 16.6 Å². The number of fused-ring (bicyclic) bond motifs is 4. The number of aromatic nitrogens is 2. The fourth-order valence-electron chi connectivity index (χ4n) is 5.00. The predicted molar refractivity (Wildman–Crippen MR) is 159 cm³/mol. The van der Waals surface area contributed by atoms with Gasteiger partial charge in [-0.3, -0.25) is 10.1 Å². The van der Waals surface area contributed by atoms with Gasteiger partial charge in [-0.2, -0.15) is 5.10 Å². The standard InChI is InChI=1S/C32H32N4O6/c1-31(2,3)41-28(37)18-27(30(38)42-32(4,5)6)34-26-14-10-9-12-23(26)22-11-7-8-13-24(22)29(34)35-25-16-15-21(36(39)40)17-20(25)19-33-35/h7-19,29H,1-6H3/b27-18+. The van der Waals surface area contributed by atoms with Crippen LogP contribution in [0.5, 0.6) is 0 Å². The molecule has 0 fully saturated rings. The summed E-state index contributed by atoms with van der Waals surface area (Å²) in [6.07, 6.45) is 1.94. The first kappa shape index (κ1) is 28.5. The van der Waals surface area contributed by atoms with Crippen LogP contribution in [-0.4, -0.2) is 37.8 Å². The second kappa shape index (κ2) is 10.4. The zero-order valence-electron chi connectivity index (χ0n) is 24.3. The third-order valence-electron chi connectivity index (χ3n) is 6.49. The van der Waals surface area contributed by atoms with Crippen LogP contribution in [0.2, 0.25) is 0 Å². The average molecular weight is 569 g/mol. The van der Waals surface area contributed by atoms with Gasteiger partial charge in [-0.15, -0.1) is 0 Å². The predicted octanol–water partition coefficient (Wildman–Crippen LogP) is 6.55. The normalized spacial score (nSPS) is 15.1. The molecule has 0 N–H and O–H groups in total. The molecule has 2 heterocycles. The summed E-state index contributed by atoms with van der Waals surface area (Å²) in [6, 6.07) is 19.8. The van der Waals surface area contributed by atoms with Gasteiger partial charge >= 0.3 is 11.9 Å². The Balaban J connectivity index is 1.80. The Morgan fingerprint density at radius 3 is 2.21 bits per heavy atom. The highest BCUT2D eigenvalue weighted by atomic mass is 16.6. The zero-order valence-corrected chi connectivity index (χ0v) is 24.3. The maximum Gasteiger partial charge on any atom is 0.355 e. The summed E-state index contributed by atoms with van der Waals surface area (Å²) < 4.78 is 13.1. The van der Waals surface area contributed by atoms with Crippen molar-refractivity contribution >= 4 is 34.2 Å². The molecule has 1 aliphatic rings. The van der Waals surface area contributed by atoms with Crippen LogP contribution in [0.1, 0.15) is 53.3 Å². The molecule has 0 amide bonds. The number of nitrogens with zero attached hydrogens (tertiary/aromatic N) is 4. The molecule has 10 nitrogen and oxygen atoms in total. The topological polar surface area (TPSA) is 117 Å². The van der Waals surface area contributed by atoms with Gasteiger partial charge in [-0.1, -0.05) is 42.5 Å². The fraction of sp³-hybridized carbons (Fsp3) is 0.281. The average Bonchev–Trinajstić information content (AvgIpc) is 3.32. The number of benzene rings is 3. The molecular weight excluding hydrogens is 536 g/mol. The van der Waals surface area contributed by atoms with Gasteiger partial charge in [0.25, 0.3) is 5.69 Å². The van der Waals surface area contributed by atoms with E-state index in [1.54, 1.807) is 63.4 Å². The first-order valence-electron chi connectivity index (χ1n) is 13.5. The molecule has 10 heteroatoms. The van der Waals surface area contributed by atoms with Crippen LogP contribution in [0.4, 0.5) is 11.4 Å². The van der Waals surface area contributed by atoms with Gasteiger partial charge in [0, 0.05) is 28.6 Å². The lowest BCUT2D eigenvalue weighted by Crippen LogP contribution is -2.41. The van der Waals surface area contributed by atoms with Gasteiger partial charge in [-0.05, 0) is 59.2 Å². The highest BCUT2D eigenvalue weighted by Gasteiger charge is 2.39. The molecule has 0 spiro atoms. The largest absolute Gasteiger partial charge is 0.457 e. The summed E-state index contributed by atoms with van der Waals surface area (Å²) >= 11 is 0. The summed E-state index contributed by atoms with van der Waals surface area (Å²) in [7, 11) is 0. The van der Waals surface area contributed by atoms with Crippen LogP contribution in [-0.2, 0) is 19.1 Å². The van der Waals surface area contributed by atoms with Crippen molar-refractivity contribution in [2.75, 3.05) is 4.90 Å². The van der Waals surface area contributed by atoms with Crippen molar-refractivity contribution in [2.45, 2.75) is 58.9 Å². The molecule has 0 saturated heterocycles. The SMILES string of the molecule is CC(C)(C)OC(=O)/C=C(\C(=O)OC(C)(C)C)N1c2ccccc2-c2ccccc2C1n1ncc2cc([N+](=O)[O-])ccc21. The Morgan fingerprint density at radius 1 is 0.905 bits per heavy atom. The zero-order chi connectivity index (χ0) is 30.4. The molecule has 4 aromatic rings. The van der Waals surface area contributed by atoms with E-state index in [2.05, 4.69) is 5.10 Å². The molecule has 0 radical (unpaired) electrons. The molecule has 5 rings (SSSR count). The third kappa shape index (κ3) is 5.60. The fourth-order valence-corrected chi connectivity index (χ4v) is 5.00. The maximum atomic E-state index is 13.9. The van der Waals surface area contributed by atoms with Crippen molar-refractivity contribution in [2.24, 2.45) is 0 Å². The number of non-ortho nitro benzene ring substituents is 1. The Hall–Kier alpha value is -4.99. The molecule has 1 unspecified atom stereocenters. The number of rotatable bonds is 5. The molecular formula is C32H32N4O6. The van der Waals surface area contributed by atoms with E-state index in [0.717, 1.165) is 22.8 Å². The van der Waals surface area contributed by atoms with Gasteiger partial charge in [0.2, 0.25) is 0 Å². The molecule has 1 atom stereocenters. The smallest absolute Gasteiger partial charge is 0.355 e. The summed E-state index contributed by atoms with van der Waals surface area (Å²) in [4.78, 5) is 39.9. The minimum absolute atomic E-state index is 0.0447. The monoisotopic (exact) mass is 568 g/mol. The summed E-state index contributed by atoms with van der Waals surface area (Å²) in [5.41, 5.74) is 2.05. The van der Waals surface area contributed by atoms with Gasteiger partial charge in [0.1, 0.15) is 16.9 Å². The van der Waals surface area contributed by atoms with Crippen molar-refractivity contribution in [3.63, 3.8) is 0 Å². The molecule has 0 saturated carbocycles. The molecule has 42 heavy (non-hydrogen) atoms. The molecule has 1 aromatic heterocycles. The van der Waals surface area contributed by atoms with Gasteiger partial charge in [-0.25, -0.2) is 14.3 Å². The Kier molecular flexibility index (Phi) is 7.10. The van der Waals surface area contributed by atoms with Crippen molar-refractivity contribution in [3.8, 4) is 11.1 Å². The third-order valence-corrected chi connectivity index (χ3v) is 6.49. The van der Waals surface area contributed by atoms with Crippen molar-refractivity contribution in [1.82, 2.24) is 9.78 Å². The number of carbonyl (C=O) groups excluding carboxylic acids is 2. The molecule has 0 aliphatic carbocycles. The van der Waals surface area contributed by atoms with Crippen LogP contribution in [0.15, 0.2) is 84.7 Å². The number of para-hydroxylation sites is 1. The van der Waals surface area contributed by atoms with Crippen molar-refractivity contribution in [3.05, 3.63) is 100 Å². The Labute approximate surface area is 243 Å². The Bertz CT molecular complexity index is 1740. The molecule has 3 aromatic carbocycles. The Morgan fingerprint density at radius 2 is 1.55 bits per heavy atom.